The van der Waals surface area contributed by atoms with Gasteiger partial charge in [0.25, 0.3) is 0 Å². The van der Waals surface area contributed by atoms with Crippen LogP contribution in [0.15, 0.2) is 47.7 Å². The maximum absolute atomic E-state index is 12.5. The predicted molar refractivity (Wildman–Crippen MR) is 101 cm³/mol. The third kappa shape index (κ3) is 5.72. The first-order chi connectivity index (χ1) is 14.4. The van der Waals surface area contributed by atoms with Crippen LogP contribution in [0, 0.1) is 5.41 Å². The highest BCUT2D eigenvalue weighted by atomic mass is 19.4. The minimum Gasteiger partial charge on any atom is -0.480 e. The van der Waals surface area contributed by atoms with Crippen LogP contribution >= 0.6 is 0 Å². The van der Waals surface area contributed by atoms with Crippen molar-refractivity contribution in [2.75, 3.05) is 6.61 Å². The molecule has 3 rings (SSSR count). The lowest BCUT2D eigenvalue weighted by atomic mass is 9.78. The number of aliphatic carboxylic acids is 2. The molecule has 2 N–H and O–H groups in total. The molecule has 1 aromatic carbocycles. The Labute approximate surface area is 175 Å². The largest absolute Gasteiger partial charge is 0.480 e. The fraction of sp³-hybridized carbons (Fsp3) is 0.381. The number of benzene rings is 1. The second-order valence-corrected chi connectivity index (χ2v) is 7.18. The van der Waals surface area contributed by atoms with Gasteiger partial charge in [-0.2, -0.15) is 13.2 Å². The zero-order valence-electron chi connectivity index (χ0n) is 16.7. The Morgan fingerprint density at radius 3 is 2.35 bits per heavy atom. The summed E-state index contributed by atoms with van der Waals surface area (Å²) >= 11 is 0. The molecule has 1 aliphatic heterocycles. The fourth-order valence-electron chi connectivity index (χ4n) is 3.18. The first-order valence-electron chi connectivity index (χ1n) is 9.19. The van der Waals surface area contributed by atoms with E-state index in [9.17, 15) is 27.6 Å². The van der Waals surface area contributed by atoms with Gasteiger partial charge in [-0.25, -0.2) is 4.79 Å². The lowest BCUT2D eigenvalue weighted by molar-refractivity contribution is -0.227. The van der Waals surface area contributed by atoms with E-state index in [1.165, 1.54) is 25.1 Å². The summed E-state index contributed by atoms with van der Waals surface area (Å²) in [5.74, 6) is -3.12. The third-order valence-corrected chi connectivity index (χ3v) is 4.81. The van der Waals surface area contributed by atoms with Crippen LogP contribution in [0.5, 0.6) is 0 Å². The van der Waals surface area contributed by atoms with E-state index in [2.05, 4.69) is 0 Å². The Morgan fingerprint density at radius 2 is 1.81 bits per heavy atom. The number of carboxylic acids is 2. The molecule has 0 saturated heterocycles. The zero-order valence-corrected chi connectivity index (χ0v) is 16.7. The van der Waals surface area contributed by atoms with Crippen LogP contribution in [-0.2, 0) is 30.3 Å². The Morgan fingerprint density at radius 1 is 1.16 bits per heavy atom. The fourth-order valence-corrected chi connectivity index (χ4v) is 3.18. The topological polar surface area (TPSA) is 110 Å². The molecule has 0 amide bonds. The van der Waals surface area contributed by atoms with Crippen molar-refractivity contribution < 1.29 is 47.2 Å². The van der Waals surface area contributed by atoms with Crippen molar-refractivity contribution in [3.8, 4) is 0 Å². The van der Waals surface area contributed by atoms with Crippen LogP contribution in [0.3, 0.4) is 0 Å². The summed E-state index contributed by atoms with van der Waals surface area (Å²) < 4.78 is 47.0. The third-order valence-electron chi connectivity index (χ3n) is 4.81. The van der Waals surface area contributed by atoms with Crippen molar-refractivity contribution in [1.82, 2.24) is 0 Å². The van der Waals surface area contributed by atoms with Gasteiger partial charge >= 0.3 is 24.1 Å². The van der Waals surface area contributed by atoms with E-state index in [4.69, 9.17) is 19.7 Å². The summed E-state index contributed by atoms with van der Waals surface area (Å²) in [4.78, 5) is 32.8. The van der Waals surface area contributed by atoms with Crippen LogP contribution in [0.25, 0.3) is 0 Å². The van der Waals surface area contributed by atoms with Crippen molar-refractivity contribution in [3.63, 3.8) is 0 Å². The second kappa shape index (κ2) is 9.34. The van der Waals surface area contributed by atoms with E-state index in [0.29, 0.717) is 6.42 Å². The molecule has 7 nitrogen and oxygen atoms in total. The molecule has 0 fully saturated rings. The number of esters is 1. The van der Waals surface area contributed by atoms with Crippen molar-refractivity contribution in [2.24, 2.45) is 5.41 Å². The summed E-state index contributed by atoms with van der Waals surface area (Å²) in [6.45, 7) is 2.61. The molecule has 1 aromatic rings. The average molecular weight is 442 g/mol. The summed E-state index contributed by atoms with van der Waals surface area (Å²) in [6.07, 6.45) is -3.27. The Kier molecular flexibility index (Phi) is 7.27. The molecule has 0 spiro atoms. The summed E-state index contributed by atoms with van der Waals surface area (Å²) in [6, 6.07) is 6.55. The molecular weight excluding hydrogens is 421 g/mol. The number of alkyl halides is 3. The molecule has 31 heavy (non-hydrogen) atoms. The number of hydrogen-bond donors (Lipinski definition) is 2. The highest BCUT2D eigenvalue weighted by molar-refractivity contribution is 5.90. The summed E-state index contributed by atoms with van der Waals surface area (Å²) in [5.41, 5.74) is -0.577. The minimum absolute atomic E-state index is 0.0363. The molecule has 1 unspecified atom stereocenters. The van der Waals surface area contributed by atoms with Crippen molar-refractivity contribution >= 4 is 17.9 Å². The quantitative estimate of drug-likeness (QED) is 0.685. The van der Waals surface area contributed by atoms with Crippen LogP contribution in [-0.4, -0.2) is 40.9 Å². The SMILES string of the molecule is CC(=O)OC1=CC=C(C(=O)O)C[C@@]1(C)C(=O)O.FC(F)(F)C1OCCc2ccccc21. The van der Waals surface area contributed by atoms with Crippen LogP contribution in [0.1, 0.15) is 37.5 Å². The molecule has 0 saturated carbocycles. The summed E-state index contributed by atoms with van der Waals surface area (Å²) in [7, 11) is 0. The zero-order chi connectivity index (χ0) is 23.4. The molecule has 0 radical (unpaired) electrons. The molecule has 2 aliphatic rings. The van der Waals surface area contributed by atoms with Gasteiger partial charge in [0.2, 0.25) is 0 Å². The molecule has 1 aliphatic carbocycles. The number of halogens is 3. The standard InChI is InChI=1S/C11H12O6.C10H9F3O/c1-6(12)17-8-4-3-7(9(13)14)5-11(8,2)10(15)16;11-10(12,13)9-8-4-2-1-3-7(8)5-6-14-9/h3-4H,5H2,1-2H3,(H,13,14)(H,15,16);1-4,9H,5-6H2/t11-;/m1./s1. The monoisotopic (exact) mass is 442 g/mol. The van der Waals surface area contributed by atoms with E-state index >= 15 is 0 Å². The number of hydrogen-bond acceptors (Lipinski definition) is 5. The molecule has 10 heteroatoms. The smallest absolute Gasteiger partial charge is 0.418 e. The highest BCUT2D eigenvalue weighted by Crippen LogP contribution is 2.40. The van der Waals surface area contributed by atoms with E-state index in [1.54, 1.807) is 18.2 Å². The van der Waals surface area contributed by atoms with Crippen LogP contribution in [0.4, 0.5) is 13.2 Å². The lowest BCUT2D eigenvalue weighted by Crippen LogP contribution is -2.34. The van der Waals surface area contributed by atoms with Gasteiger partial charge < -0.3 is 19.7 Å². The van der Waals surface area contributed by atoms with Crippen molar-refractivity contribution in [1.29, 1.82) is 0 Å². The minimum atomic E-state index is -4.31. The van der Waals surface area contributed by atoms with Gasteiger partial charge in [0.1, 0.15) is 11.2 Å². The van der Waals surface area contributed by atoms with Gasteiger partial charge in [0.05, 0.1) is 6.61 Å². The number of carboxylic acid groups (broad SMARTS) is 2. The number of carbonyl (C=O) groups is 3. The first kappa shape index (κ1) is 24.1. The van der Waals surface area contributed by atoms with E-state index in [-0.39, 0.29) is 29.9 Å². The lowest BCUT2D eigenvalue weighted by Gasteiger charge is -2.29. The van der Waals surface area contributed by atoms with E-state index < -0.39 is 35.6 Å². The van der Waals surface area contributed by atoms with Gasteiger partial charge in [-0.05, 0) is 36.6 Å². The van der Waals surface area contributed by atoms with Gasteiger partial charge in [0.15, 0.2) is 6.10 Å². The first-order valence-corrected chi connectivity index (χ1v) is 9.19. The van der Waals surface area contributed by atoms with Gasteiger partial charge in [0, 0.05) is 18.9 Å². The maximum atomic E-state index is 12.5. The predicted octanol–water partition coefficient (Wildman–Crippen LogP) is 3.80. The van der Waals surface area contributed by atoms with E-state index in [0.717, 1.165) is 12.5 Å². The Bertz CT molecular complexity index is 933. The number of ether oxygens (including phenoxy) is 2. The number of fused-ring (bicyclic) bond motifs is 1. The average Bonchev–Trinajstić information content (AvgIpc) is 2.68. The Balaban J connectivity index is 0.000000224. The Hall–Kier alpha value is -3.14. The van der Waals surface area contributed by atoms with Gasteiger partial charge in [-0.3, -0.25) is 9.59 Å². The van der Waals surface area contributed by atoms with Crippen molar-refractivity contribution in [2.45, 2.75) is 39.0 Å². The number of allylic oxidation sites excluding steroid dienone is 2. The second-order valence-electron chi connectivity index (χ2n) is 7.18. The van der Waals surface area contributed by atoms with Crippen LogP contribution < -0.4 is 0 Å². The van der Waals surface area contributed by atoms with E-state index in [1.807, 2.05) is 0 Å². The van der Waals surface area contributed by atoms with Gasteiger partial charge in [-0.1, -0.05) is 24.3 Å². The molecule has 1 heterocycles. The number of rotatable bonds is 3. The molecule has 168 valence electrons. The van der Waals surface area contributed by atoms with Crippen LogP contribution in [0.2, 0.25) is 0 Å². The highest BCUT2D eigenvalue weighted by Gasteiger charge is 2.44. The van der Waals surface area contributed by atoms with Crippen molar-refractivity contribution in [3.05, 3.63) is 58.9 Å². The normalized spacial score (nSPS) is 22.7. The van der Waals surface area contributed by atoms with Gasteiger partial charge in [-0.15, -0.1) is 0 Å². The summed E-state index contributed by atoms with van der Waals surface area (Å²) in [5, 5.41) is 18.0. The molecule has 0 bridgehead atoms. The molecule has 0 aromatic heterocycles. The molecule has 2 atom stereocenters. The molecular formula is C21H21F3O7. The number of carbonyl (C=O) groups excluding carboxylic acids is 1. The maximum Gasteiger partial charge on any atom is 0.418 e.